The van der Waals surface area contributed by atoms with Gasteiger partial charge in [0.15, 0.2) is 0 Å². The Morgan fingerprint density at radius 3 is 2.89 bits per heavy atom. The smallest absolute Gasteiger partial charge is 0.137 e. The predicted octanol–water partition coefficient (Wildman–Crippen LogP) is 3.58. The average molecular weight is 259 g/mol. The molecule has 2 rings (SSSR count). The van der Waals surface area contributed by atoms with E-state index < -0.39 is 0 Å². The summed E-state index contributed by atoms with van der Waals surface area (Å²) in [5.74, 6) is 0.742. The van der Waals surface area contributed by atoms with E-state index in [4.69, 9.17) is 0 Å². The fraction of sp³-hybridized carbons (Fsp3) is 0.588. The zero-order valence-corrected chi connectivity index (χ0v) is 12.2. The van der Waals surface area contributed by atoms with E-state index in [1.54, 1.807) is 0 Å². The fourth-order valence-corrected chi connectivity index (χ4v) is 2.99. The normalized spacial score (nSPS) is 20.6. The van der Waals surface area contributed by atoms with E-state index in [9.17, 15) is 4.79 Å². The molecular weight excluding hydrogens is 234 g/mol. The first-order chi connectivity index (χ1) is 9.15. The second kappa shape index (κ2) is 6.85. The van der Waals surface area contributed by atoms with Gasteiger partial charge in [0.2, 0.25) is 0 Å². The molecule has 104 valence electrons. The van der Waals surface area contributed by atoms with Crippen LogP contribution in [-0.2, 0) is 11.3 Å². The molecule has 0 spiro atoms. The van der Waals surface area contributed by atoms with Crippen molar-refractivity contribution in [1.82, 2.24) is 4.90 Å². The van der Waals surface area contributed by atoms with E-state index in [1.807, 2.05) is 0 Å². The lowest BCUT2D eigenvalue weighted by Gasteiger charge is -2.22. The van der Waals surface area contributed by atoms with Crippen LogP contribution >= 0.6 is 0 Å². The molecule has 2 nitrogen and oxygen atoms in total. The topological polar surface area (TPSA) is 20.3 Å². The number of Topliss-reactive ketones (excluding diaryl/α,β-unsaturated/α-hetero) is 1. The molecule has 0 aromatic heterocycles. The first kappa shape index (κ1) is 14.3. The Kier molecular flexibility index (Phi) is 5.15. The van der Waals surface area contributed by atoms with Gasteiger partial charge < -0.3 is 4.90 Å². The van der Waals surface area contributed by atoms with E-state index in [1.165, 1.54) is 24.0 Å². The van der Waals surface area contributed by atoms with Gasteiger partial charge in [0.1, 0.15) is 5.78 Å². The van der Waals surface area contributed by atoms with Gasteiger partial charge in [-0.25, -0.2) is 0 Å². The Morgan fingerprint density at radius 2 is 2.11 bits per heavy atom. The second-order valence-corrected chi connectivity index (χ2v) is 5.95. The first-order valence-corrected chi connectivity index (χ1v) is 7.42. The molecule has 1 unspecified atom stereocenters. The third-order valence-corrected chi connectivity index (χ3v) is 4.00. The summed E-state index contributed by atoms with van der Waals surface area (Å²) in [4.78, 5) is 14.3. The molecule has 2 heteroatoms. The summed E-state index contributed by atoms with van der Waals surface area (Å²) < 4.78 is 0. The monoisotopic (exact) mass is 259 g/mol. The third-order valence-electron chi connectivity index (χ3n) is 4.00. The van der Waals surface area contributed by atoms with Crippen LogP contribution in [0.15, 0.2) is 24.3 Å². The summed E-state index contributed by atoms with van der Waals surface area (Å²) in [6.45, 7) is 3.97. The van der Waals surface area contributed by atoms with E-state index in [0.29, 0.717) is 5.78 Å². The van der Waals surface area contributed by atoms with Gasteiger partial charge in [0.25, 0.3) is 0 Å². The maximum atomic E-state index is 12.0. The number of rotatable bonds is 4. The van der Waals surface area contributed by atoms with E-state index in [-0.39, 0.29) is 5.92 Å². The zero-order valence-electron chi connectivity index (χ0n) is 12.2. The highest BCUT2D eigenvalue weighted by Crippen LogP contribution is 2.21. The van der Waals surface area contributed by atoms with Gasteiger partial charge in [-0.15, -0.1) is 0 Å². The van der Waals surface area contributed by atoms with Crippen LogP contribution in [-0.4, -0.2) is 24.3 Å². The maximum absolute atomic E-state index is 12.0. The molecule has 19 heavy (non-hydrogen) atoms. The highest BCUT2D eigenvalue weighted by atomic mass is 16.1. The Hall–Kier alpha value is -1.15. The van der Waals surface area contributed by atoms with Crippen LogP contribution in [0.4, 0.5) is 0 Å². The quantitative estimate of drug-likeness (QED) is 0.770. The molecule has 0 bridgehead atoms. The number of nitrogens with zero attached hydrogens (tertiary/aromatic N) is 1. The number of carbonyl (C=O) groups excluding carboxylic acids is 1. The molecule has 0 heterocycles. The number of hydrogen-bond acceptors (Lipinski definition) is 2. The molecule has 1 aromatic carbocycles. The SMILES string of the molecule is Cc1cccc(CN(C)CC2CCCCCC2=O)c1. The van der Waals surface area contributed by atoms with Gasteiger partial charge in [0.05, 0.1) is 0 Å². The molecule has 0 amide bonds. The van der Waals surface area contributed by atoms with Gasteiger partial charge in [-0.2, -0.15) is 0 Å². The second-order valence-electron chi connectivity index (χ2n) is 5.95. The third kappa shape index (κ3) is 4.46. The van der Waals surface area contributed by atoms with Crippen LogP contribution in [0.5, 0.6) is 0 Å². The van der Waals surface area contributed by atoms with Crippen LogP contribution in [0, 0.1) is 12.8 Å². The van der Waals surface area contributed by atoms with Crippen molar-refractivity contribution in [3.8, 4) is 0 Å². The molecule has 1 saturated carbocycles. The van der Waals surface area contributed by atoms with Crippen molar-refractivity contribution in [3.05, 3.63) is 35.4 Å². The number of hydrogen-bond donors (Lipinski definition) is 0. The summed E-state index contributed by atoms with van der Waals surface area (Å²) in [6.07, 6.45) is 5.41. The lowest BCUT2D eigenvalue weighted by molar-refractivity contribution is -0.123. The Morgan fingerprint density at radius 1 is 1.26 bits per heavy atom. The molecule has 1 aromatic rings. The number of aryl methyl sites for hydroxylation is 1. The molecule has 1 fully saturated rings. The van der Waals surface area contributed by atoms with E-state index >= 15 is 0 Å². The van der Waals surface area contributed by atoms with Crippen LogP contribution in [0.1, 0.15) is 43.2 Å². The highest BCUT2D eigenvalue weighted by molar-refractivity contribution is 5.81. The maximum Gasteiger partial charge on any atom is 0.137 e. The molecule has 0 saturated heterocycles. The Bertz CT molecular complexity index is 427. The zero-order chi connectivity index (χ0) is 13.7. The van der Waals surface area contributed by atoms with Crippen molar-refractivity contribution in [3.63, 3.8) is 0 Å². The van der Waals surface area contributed by atoms with Crippen LogP contribution < -0.4 is 0 Å². The molecule has 1 aliphatic carbocycles. The Balaban J connectivity index is 1.89. The van der Waals surface area contributed by atoms with Crippen LogP contribution in [0.25, 0.3) is 0 Å². The van der Waals surface area contributed by atoms with Crippen molar-refractivity contribution >= 4 is 5.78 Å². The van der Waals surface area contributed by atoms with Gasteiger partial charge in [-0.1, -0.05) is 42.7 Å². The van der Waals surface area contributed by atoms with E-state index in [2.05, 4.69) is 43.1 Å². The van der Waals surface area contributed by atoms with E-state index in [0.717, 1.165) is 32.4 Å². The summed E-state index contributed by atoms with van der Waals surface area (Å²) >= 11 is 0. The largest absolute Gasteiger partial charge is 0.301 e. The molecular formula is C17H25NO. The van der Waals surface area contributed by atoms with Crippen molar-refractivity contribution in [2.45, 2.75) is 45.6 Å². The highest BCUT2D eigenvalue weighted by Gasteiger charge is 2.21. The Labute approximate surface area is 116 Å². The lowest BCUT2D eigenvalue weighted by Crippen LogP contribution is -2.29. The van der Waals surface area contributed by atoms with Crippen LogP contribution in [0.3, 0.4) is 0 Å². The predicted molar refractivity (Wildman–Crippen MR) is 79.1 cm³/mol. The number of carbonyl (C=O) groups is 1. The summed E-state index contributed by atoms with van der Waals surface area (Å²) in [5, 5.41) is 0. The minimum atomic E-state index is 0.261. The van der Waals surface area contributed by atoms with Crippen molar-refractivity contribution in [1.29, 1.82) is 0 Å². The molecule has 0 aliphatic heterocycles. The minimum absolute atomic E-state index is 0.261. The average Bonchev–Trinajstić information content (AvgIpc) is 2.55. The number of ketones is 1. The molecule has 1 aliphatic rings. The van der Waals surface area contributed by atoms with Crippen molar-refractivity contribution < 1.29 is 4.79 Å². The van der Waals surface area contributed by atoms with Gasteiger partial charge in [-0.05, 0) is 32.4 Å². The number of benzene rings is 1. The van der Waals surface area contributed by atoms with Crippen molar-refractivity contribution in [2.75, 3.05) is 13.6 Å². The molecule has 0 N–H and O–H groups in total. The molecule has 1 atom stereocenters. The standard InChI is InChI=1S/C17H25NO/c1-14-7-6-8-15(11-14)12-18(2)13-16-9-4-3-5-10-17(16)19/h6-8,11,16H,3-5,9-10,12-13H2,1-2H3. The van der Waals surface area contributed by atoms with Gasteiger partial charge in [-0.3, -0.25) is 4.79 Å². The fourth-order valence-electron chi connectivity index (χ4n) is 2.99. The van der Waals surface area contributed by atoms with Gasteiger partial charge >= 0.3 is 0 Å². The first-order valence-electron chi connectivity index (χ1n) is 7.42. The van der Waals surface area contributed by atoms with Gasteiger partial charge in [0, 0.05) is 25.4 Å². The minimum Gasteiger partial charge on any atom is -0.301 e. The van der Waals surface area contributed by atoms with Crippen LogP contribution in [0.2, 0.25) is 0 Å². The summed E-state index contributed by atoms with van der Waals surface area (Å²) in [5.41, 5.74) is 2.64. The summed E-state index contributed by atoms with van der Waals surface area (Å²) in [7, 11) is 2.13. The molecule has 0 radical (unpaired) electrons. The summed E-state index contributed by atoms with van der Waals surface area (Å²) in [6, 6.07) is 8.62. The lowest BCUT2D eigenvalue weighted by atomic mass is 9.98. The van der Waals surface area contributed by atoms with Crippen molar-refractivity contribution in [2.24, 2.45) is 5.92 Å².